The number of nitrogens with one attached hydrogen (secondary N) is 1. The quantitative estimate of drug-likeness (QED) is 0.520. The Kier molecular flexibility index (Phi) is 6.92. The molecule has 0 aliphatic carbocycles. The highest BCUT2D eigenvalue weighted by Crippen LogP contribution is 2.24. The van der Waals surface area contributed by atoms with Gasteiger partial charge in [0, 0.05) is 30.8 Å². The Hall–Kier alpha value is -2.97. The molecule has 8 nitrogen and oxygen atoms in total. The van der Waals surface area contributed by atoms with Gasteiger partial charge in [-0.05, 0) is 50.5 Å². The first-order valence-corrected chi connectivity index (χ1v) is 10.3. The van der Waals surface area contributed by atoms with Crippen molar-refractivity contribution in [3.8, 4) is 5.75 Å². The van der Waals surface area contributed by atoms with Gasteiger partial charge < -0.3 is 15.2 Å². The minimum atomic E-state index is -0.828. The zero-order valence-corrected chi connectivity index (χ0v) is 18.1. The first kappa shape index (κ1) is 22.7. The molecule has 1 heterocycles. The van der Waals surface area contributed by atoms with E-state index in [4.69, 9.17) is 4.74 Å². The maximum atomic E-state index is 13.0. The van der Waals surface area contributed by atoms with Gasteiger partial charge in [0.2, 0.25) is 5.91 Å². The van der Waals surface area contributed by atoms with Crippen LogP contribution in [0.1, 0.15) is 31.9 Å². The summed E-state index contributed by atoms with van der Waals surface area (Å²) >= 11 is 0. The van der Waals surface area contributed by atoms with Gasteiger partial charge in [0.1, 0.15) is 18.5 Å². The number of hydrogen-bond acceptors (Lipinski definition) is 6. The number of amides is 1. The Balaban J connectivity index is 1.66. The standard InChI is InChI=1S/C23H29N3O5/c1-23(2,3)24-22(28)21-12-16-6-4-5-7-17(16)13-25(21)14-19(27)15-31-20-10-8-18(9-11-20)26(29)30/h4-11,19,21,27H,12-15H2,1-3H3,(H,24,28). The number of fused-ring (bicyclic) bond motifs is 1. The number of aliphatic hydroxyl groups excluding tert-OH is 1. The fourth-order valence-electron chi connectivity index (χ4n) is 3.66. The van der Waals surface area contributed by atoms with E-state index in [1.165, 1.54) is 24.3 Å². The predicted octanol–water partition coefficient (Wildman–Crippen LogP) is 2.68. The summed E-state index contributed by atoms with van der Waals surface area (Å²) in [6.45, 7) is 6.68. The summed E-state index contributed by atoms with van der Waals surface area (Å²) in [6, 6.07) is 13.4. The van der Waals surface area contributed by atoms with Crippen LogP contribution < -0.4 is 10.1 Å². The summed E-state index contributed by atoms with van der Waals surface area (Å²) in [5.74, 6) is 0.376. The van der Waals surface area contributed by atoms with E-state index in [0.29, 0.717) is 18.7 Å². The lowest BCUT2D eigenvalue weighted by molar-refractivity contribution is -0.384. The molecule has 2 aromatic carbocycles. The lowest BCUT2D eigenvalue weighted by Gasteiger charge is -2.38. The van der Waals surface area contributed by atoms with Crippen LogP contribution in [0.25, 0.3) is 0 Å². The monoisotopic (exact) mass is 427 g/mol. The summed E-state index contributed by atoms with van der Waals surface area (Å²) in [6.07, 6.45) is -0.251. The van der Waals surface area contributed by atoms with Crippen molar-refractivity contribution in [1.29, 1.82) is 0 Å². The molecule has 8 heteroatoms. The lowest BCUT2D eigenvalue weighted by atomic mass is 9.92. The Morgan fingerprint density at radius 2 is 1.87 bits per heavy atom. The number of nitro benzene ring substituents is 1. The Morgan fingerprint density at radius 3 is 2.48 bits per heavy atom. The van der Waals surface area contributed by atoms with E-state index in [1.807, 2.05) is 49.9 Å². The van der Waals surface area contributed by atoms with E-state index in [2.05, 4.69) is 5.32 Å². The molecule has 2 unspecified atom stereocenters. The fourth-order valence-corrected chi connectivity index (χ4v) is 3.66. The van der Waals surface area contributed by atoms with Crippen molar-refractivity contribution >= 4 is 11.6 Å². The smallest absolute Gasteiger partial charge is 0.269 e. The van der Waals surface area contributed by atoms with E-state index in [0.717, 1.165) is 11.1 Å². The van der Waals surface area contributed by atoms with Crippen LogP contribution in [0, 0.1) is 10.1 Å². The highest BCUT2D eigenvalue weighted by Gasteiger charge is 2.34. The molecule has 0 radical (unpaired) electrons. The molecule has 0 spiro atoms. The average Bonchev–Trinajstić information content (AvgIpc) is 2.70. The molecule has 0 fully saturated rings. The molecule has 31 heavy (non-hydrogen) atoms. The van der Waals surface area contributed by atoms with E-state index in [-0.39, 0.29) is 36.3 Å². The van der Waals surface area contributed by atoms with Gasteiger partial charge in [0.25, 0.3) is 5.69 Å². The highest BCUT2D eigenvalue weighted by atomic mass is 16.6. The van der Waals surface area contributed by atoms with E-state index in [9.17, 15) is 20.0 Å². The number of nitro groups is 1. The fraction of sp³-hybridized carbons (Fsp3) is 0.435. The molecule has 0 saturated heterocycles. The number of hydrogen-bond donors (Lipinski definition) is 2. The zero-order valence-electron chi connectivity index (χ0n) is 18.1. The van der Waals surface area contributed by atoms with Crippen LogP contribution in [-0.4, -0.2) is 51.7 Å². The third kappa shape index (κ3) is 6.26. The number of nitrogens with zero attached hydrogens (tertiary/aromatic N) is 2. The van der Waals surface area contributed by atoms with Crippen molar-refractivity contribution < 1.29 is 19.6 Å². The Labute approximate surface area is 182 Å². The number of non-ortho nitro benzene ring substituents is 1. The van der Waals surface area contributed by atoms with Crippen LogP contribution in [0.15, 0.2) is 48.5 Å². The topological polar surface area (TPSA) is 105 Å². The van der Waals surface area contributed by atoms with Gasteiger partial charge in [-0.3, -0.25) is 19.8 Å². The largest absolute Gasteiger partial charge is 0.491 e. The molecule has 0 bridgehead atoms. The summed E-state index contributed by atoms with van der Waals surface area (Å²) in [7, 11) is 0. The van der Waals surface area contributed by atoms with Crippen molar-refractivity contribution in [2.75, 3.05) is 13.2 Å². The zero-order chi connectivity index (χ0) is 22.6. The number of aliphatic hydroxyl groups is 1. The maximum absolute atomic E-state index is 13.0. The Bertz CT molecular complexity index is 924. The number of carbonyl (C=O) groups is 1. The molecular weight excluding hydrogens is 398 g/mol. The molecular formula is C23H29N3O5. The second-order valence-electron chi connectivity index (χ2n) is 8.87. The molecule has 2 atom stereocenters. The third-order valence-electron chi connectivity index (χ3n) is 5.08. The normalized spacial score (nSPS) is 17.5. The number of benzene rings is 2. The van der Waals surface area contributed by atoms with Crippen molar-refractivity contribution in [2.24, 2.45) is 0 Å². The molecule has 166 valence electrons. The summed E-state index contributed by atoms with van der Waals surface area (Å²) in [5.41, 5.74) is 1.92. The number of carbonyl (C=O) groups excluding carboxylic acids is 1. The second kappa shape index (κ2) is 9.45. The summed E-state index contributed by atoms with van der Waals surface area (Å²) in [4.78, 5) is 25.2. The number of β-amino-alcohol motifs (C(OH)–C–C–N with tert-alkyl or cyclic N) is 1. The molecule has 1 aliphatic heterocycles. The molecule has 2 N–H and O–H groups in total. The van der Waals surface area contributed by atoms with Gasteiger partial charge in [-0.2, -0.15) is 0 Å². The maximum Gasteiger partial charge on any atom is 0.269 e. The van der Waals surface area contributed by atoms with Gasteiger partial charge >= 0.3 is 0 Å². The van der Waals surface area contributed by atoms with Crippen LogP contribution in [0.5, 0.6) is 5.75 Å². The van der Waals surface area contributed by atoms with Gasteiger partial charge in [-0.1, -0.05) is 24.3 Å². The second-order valence-corrected chi connectivity index (χ2v) is 8.87. The molecule has 1 amide bonds. The highest BCUT2D eigenvalue weighted by molar-refractivity contribution is 5.83. The van der Waals surface area contributed by atoms with Crippen LogP contribution in [0.2, 0.25) is 0 Å². The molecule has 0 saturated carbocycles. The van der Waals surface area contributed by atoms with Gasteiger partial charge in [0.15, 0.2) is 0 Å². The molecule has 0 aromatic heterocycles. The average molecular weight is 428 g/mol. The van der Waals surface area contributed by atoms with Crippen molar-refractivity contribution in [1.82, 2.24) is 10.2 Å². The third-order valence-corrected chi connectivity index (χ3v) is 5.08. The van der Waals surface area contributed by atoms with Crippen LogP contribution in [0.3, 0.4) is 0 Å². The predicted molar refractivity (Wildman–Crippen MR) is 117 cm³/mol. The summed E-state index contributed by atoms with van der Waals surface area (Å²) in [5, 5.41) is 24.4. The van der Waals surface area contributed by atoms with Gasteiger partial charge in [-0.15, -0.1) is 0 Å². The number of rotatable bonds is 7. The first-order chi connectivity index (χ1) is 14.6. The SMILES string of the molecule is CC(C)(C)NC(=O)C1Cc2ccccc2CN1CC(O)COc1ccc([N+](=O)[O-])cc1. The molecule has 2 aromatic rings. The molecule has 1 aliphatic rings. The molecule has 3 rings (SSSR count). The van der Waals surface area contributed by atoms with Crippen molar-refractivity contribution in [3.05, 3.63) is 69.8 Å². The van der Waals surface area contributed by atoms with Crippen LogP contribution >= 0.6 is 0 Å². The van der Waals surface area contributed by atoms with Crippen molar-refractivity contribution in [2.45, 2.75) is 51.4 Å². The van der Waals surface area contributed by atoms with E-state index < -0.39 is 11.0 Å². The minimum absolute atomic E-state index is 0.0174. The van der Waals surface area contributed by atoms with E-state index >= 15 is 0 Å². The Morgan fingerprint density at radius 1 is 1.23 bits per heavy atom. The van der Waals surface area contributed by atoms with E-state index in [1.54, 1.807) is 0 Å². The first-order valence-electron chi connectivity index (χ1n) is 10.3. The van der Waals surface area contributed by atoms with Crippen LogP contribution in [0.4, 0.5) is 5.69 Å². The number of ether oxygens (including phenoxy) is 1. The van der Waals surface area contributed by atoms with Crippen LogP contribution in [-0.2, 0) is 17.8 Å². The minimum Gasteiger partial charge on any atom is -0.491 e. The van der Waals surface area contributed by atoms with Gasteiger partial charge in [-0.25, -0.2) is 0 Å². The van der Waals surface area contributed by atoms with Gasteiger partial charge in [0.05, 0.1) is 11.0 Å². The summed E-state index contributed by atoms with van der Waals surface area (Å²) < 4.78 is 5.59. The van der Waals surface area contributed by atoms with Crippen molar-refractivity contribution in [3.63, 3.8) is 0 Å². The lowest BCUT2D eigenvalue weighted by Crippen LogP contribution is -2.56.